The summed E-state index contributed by atoms with van der Waals surface area (Å²) in [5.41, 5.74) is 2.90. The summed E-state index contributed by atoms with van der Waals surface area (Å²) in [5.74, 6) is 0. The molecule has 0 aromatic heterocycles. The van der Waals surface area contributed by atoms with E-state index in [1.165, 1.54) is 30.4 Å². The molecule has 0 nitrogen and oxygen atoms in total. The molecule has 0 N–H and O–H groups in total. The van der Waals surface area contributed by atoms with Crippen LogP contribution in [0.2, 0.25) is 0 Å². The number of benzene rings is 2. The van der Waals surface area contributed by atoms with Crippen molar-refractivity contribution in [3.05, 3.63) is 71.8 Å². The predicted octanol–water partition coefficient (Wildman–Crippen LogP) is 6.51. The zero-order valence-corrected chi connectivity index (χ0v) is 15.1. The summed E-state index contributed by atoms with van der Waals surface area (Å²) in [4.78, 5) is 0. The Morgan fingerprint density at radius 2 is 1.00 bits per heavy atom. The summed E-state index contributed by atoms with van der Waals surface area (Å²) < 4.78 is 1.27. The first-order chi connectivity index (χ1) is 9.27. The lowest BCUT2D eigenvalue weighted by molar-refractivity contribution is 0.683. The second kappa shape index (κ2) is 8.25. The standard InChI is InChI=1S/C17H18I2/c18-16(14-8-3-1-4-9-14)12-7-13-17(19)15-10-5-2-6-11-15/h1-6,8-11,16-17H,7,12-13H2. The maximum atomic E-state index is 2.57. The monoisotopic (exact) mass is 476 g/mol. The molecule has 0 aliphatic rings. The molecule has 2 rings (SSSR count). The van der Waals surface area contributed by atoms with Crippen LogP contribution in [0.25, 0.3) is 0 Å². The summed E-state index contributed by atoms with van der Waals surface area (Å²) in [6.07, 6.45) is 3.80. The van der Waals surface area contributed by atoms with Crippen LogP contribution in [0.3, 0.4) is 0 Å². The number of hydrogen-bond acceptors (Lipinski definition) is 0. The molecular formula is C17H18I2. The van der Waals surface area contributed by atoms with E-state index in [4.69, 9.17) is 0 Å². The largest absolute Gasteiger partial charge is 0.0774 e. The SMILES string of the molecule is IC(CCCC(I)c1ccccc1)c1ccccc1. The second-order valence-corrected chi connectivity index (χ2v) is 7.69. The maximum Gasteiger partial charge on any atom is 0.0359 e. The van der Waals surface area contributed by atoms with E-state index in [1.54, 1.807) is 0 Å². The fourth-order valence-corrected chi connectivity index (χ4v) is 3.84. The van der Waals surface area contributed by atoms with Gasteiger partial charge in [-0.3, -0.25) is 0 Å². The van der Waals surface area contributed by atoms with Crippen molar-refractivity contribution in [1.82, 2.24) is 0 Å². The van der Waals surface area contributed by atoms with Crippen molar-refractivity contribution in [2.75, 3.05) is 0 Å². The zero-order chi connectivity index (χ0) is 13.5. The van der Waals surface area contributed by atoms with Gasteiger partial charge in [-0.15, -0.1) is 0 Å². The Morgan fingerprint density at radius 3 is 1.37 bits per heavy atom. The van der Waals surface area contributed by atoms with E-state index >= 15 is 0 Å². The Kier molecular flexibility index (Phi) is 6.64. The van der Waals surface area contributed by atoms with E-state index in [2.05, 4.69) is 106 Å². The van der Waals surface area contributed by atoms with Crippen LogP contribution in [0.1, 0.15) is 38.2 Å². The molecular weight excluding hydrogens is 458 g/mol. The normalized spacial score (nSPS) is 14.0. The number of hydrogen-bond donors (Lipinski definition) is 0. The topological polar surface area (TPSA) is 0 Å². The van der Waals surface area contributed by atoms with Gasteiger partial charge in [0, 0.05) is 7.85 Å². The molecule has 2 unspecified atom stereocenters. The van der Waals surface area contributed by atoms with E-state index < -0.39 is 0 Å². The molecule has 0 amide bonds. The van der Waals surface area contributed by atoms with Gasteiger partial charge in [0.2, 0.25) is 0 Å². The summed E-state index contributed by atoms with van der Waals surface area (Å²) in [6.45, 7) is 0. The second-order valence-electron chi connectivity index (χ2n) is 4.69. The molecule has 2 heteroatoms. The van der Waals surface area contributed by atoms with Crippen LogP contribution in [-0.4, -0.2) is 0 Å². The Bertz CT molecular complexity index is 422. The van der Waals surface area contributed by atoms with E-state index in [1.807, 2.05) is 0 Å². The minimum absolute atomic E-state index is 0.637. The third kappa shape index (κ3) is 5.06. The molecule has 0 heterocycles. The van der Waals surface area contributed by atoms with Crippen LogP contribution in [0.5, 0.6) is 0 Å². The van der Waals surface area contributed by atoms with Crippen molar-refractivity contribution in [2.24, 2.45) is 0 Å². The Morgan fingerprint density at radius 1 is 0.632 bits per heavy atom. The lowest BCUT2D eigenvalue weighted by Gasteiger charge is -2.13. The molecule has 0 aliphatic heterocycles. The van der Waals surface area contributed by atoms with Gasteiger partial charge in [-0.1, -0.05) is 112 Å². The number of rotatable bonds is 6. The minimum atomic E-state index is 0.637. The summed E-state index contributed by atoms with van der Waals surface area (Å²) in [5, 5.41) is 0. The molecule has 0 saturated carbocycles. The number of halogens is 2. The van der Waals surface area contributed by atoms with Crippen molar-refractivity contribution < 1.29 is 0 Å². The first-order valence-corrected chi connectivity index (χ1v) is 9.14. The van der Waals surface area contributed by atoms with Crippen LogP contribution in [0.15, 0.2) is 60.7 Å². The summed E-state index contributed by atoms with van der Waals surface area (Å²) in [7, 11) is 0. The minimum Gasteiger partial charge on any atom is -0.0774 e. The molecule has 0 spiro atoms. The molecule has 0 bridgehead atoms. The smallest absolute Gasteiger partial charge is 0.0359 e. The van der Waals surface area contributed by atoms with Crippen molar-refractivity contribution in [3.8, 4) is 0 Å². The third-order valence-electron chi connectivity index (χ3n) is 3.24. The zero-order valence-electron chi connectivity index (χ0n) is 10.8. The van der Waals surface area contributed by atoms with Crippen molar-refractivity contribution in [1.29, 1.82) is 0 Å². The molecule has 2 aromatic rings. The Balaban J connectivity index is 1.78. The average Bonchev–Trinajstić information content (AvgIpc) is 2.49. The van der Waals surface area contributed by atoms with Crippen LogP contribution in [0.4, 0.5) is 0 Å². The highest BCUT2D eigenvalue weighted by Gasteiger charge is 2.10. The van der Waals surface area contributed by atoms with Gasteiger partial charge in [-0.2, -0.15) is 0 Å². The van der Waals surface area contributed by atoms with Crippen LogP contribution >= 0.6 is 45.2 Å². The Hall–Kier alpha value is -0.1000. The van der Waals surface area contributed by atoms with Gasteiger partial charge in [0.05, 0.1) is 0 Å². The lowest BCUT2D eigenvalue weighted by atomic mass is 10.0. The van der Waals surface area contributed by atoms with Crippen molar-refractivity contribution >= 4 is 45.2 Å². The molecule has 0 radical (unpaired) electrons. The summed E-state index contributed by atoms with van der Waals surface area (Å²) in [6, 6.07) is 21.6. The first-order valence-electron chi connectivity index (χ1n) is 6.65. The van der Waals surface area contributed by atoms with Gasteiger partial charge in [0.15, 0.2) is 0 Å². The maximum absolute atomic E-state index is 2.57. The highest BCUT2D eigenvalue weighted by molar-refractivity contribution is 14.1. The molecule has 0 fully saturated rings. The van der Waals surface area contributed by atoms with E-state index in [-0.39, 0.29) is 0 Å². The van der Waals surface area contributed by atoms with Crippen LogP contribution in [-0.2, 0) is 0 Å². The van der Waals surface area contributed by atoms with Crippen LogP contribution < -0.4 is 0 Å². The van der Waals surface area contributed by atoms with E-state index in [9.17, 15) is 0 Å². The van der Waals surface area contributed by atoms with Gasteiger partial charge in [-0.05, 0) is 24.0 Å². The quantitative estimate of drug-likeness (QED) is 0.330. The van der Waals surface area contributed by atoms with Gasteiger partial charge in [0.1, 0.15) is 0 Å². The van der Waals surface area contributed by atoms with Crippen molar-refractivity contribution in [3.63, 3.8) is 0 Å². The van der Waals surface area contributed by atoms with Crippen molar-refractivity contribution in [2.45, 2.75) is 27.1 Å². The highest BCUT2D eigenvalue weighted by atomic mass is 127. The molecule has 2 aromatic carbocycles. The first kappa shape index (κ1) is 15.3. The van der Waals surface area contributed by atoms with E-state index in [0.29, 0.717) is 7.85 Å². The van der Waals surface area contributed by atoms with Crippen LogP contribution in [0, 0.1) is 0 Å². The molecule has 19 heavy (non-hydrogen) atoms. The molecule has 2 atom stereocenters. The lowest BCUT2D eigenvalue weighted by Crippen LogP contribution is -1.93. The predicted molar refractivity (Wildman–Crippen MR) is 100 cm³/mol. The van der Waals surface area contributed by atoms with Gasteiger partial charge < -0.3 is 0 Å². The molecule has 100 valence electrons. The Labute approximate surface area is 143 Å². The third-order valence-corrected chi connectivity index (χ3v) is 5.92. The molecule has 0 aliphatic carbocycles. The fraction of sp³-hybridized carbons (Fsp3) is 0.294. The molecule has 0 saturated heterocycles. The number of alkyl halides is 2. The van der Waals surface area contributed by atoms with Gasteiger partial charge >= 0.3 is 0 Å². The van der Waals surface area contributed by atoms with Gasteiger partial charge in [-0.25, -0.2) is 0 Å². The highest BCUT2D eigenvalue weighted by Crippen LogP contribution is 2.33. The fourth-order valence-electron chi connectivity index (χ4n) is 2.13. The average molecular weight is 476 g/mol. The van der Waals surface area contributed by atoms with E-state index in [0.717, 1.165) is 0 Å². The summed E-state index contributed by atoms with van der Waals surface area (Å²) >= 11 is 5.13. The van der Waals surface area contributed by atoms with Gasteiger partial charge in [0.25, 0.3) is 0 Å².